The number of anilines is 1. The minimum absolute atomic E-state index is 0.0824. The molecule has 1 aromatic heterocycles. The van der Waals surface area contributed by atoms with E-state index in [9.17, 15) is 4.79 Å². The van der Waals surface area contributed by atoms with Gasteiger partial charge in [-0.15, -0.1) is 0 Å². The molecule has 0 saturated heterocycles. The monoisotopic (exact) mass is 396 g/mol. The molecule has 0 aliphatic heterocycles. The van der Waals surface area contributed by atoms with Crippen molar-refractivity contribution in [3.05, 3.63) is 54.4 Å². The lowest BCUT2D eigenvalue weighted by atomic mass is 10.2. The number of nitrogens with zero attached hydrogens (tertiary/aromatic N) is 3. The van der Waals surface area contributed by atoms with Gasteiger partial charge in [0.05, 0.1) is 19.9 Å². The molecule has 1 heterocycles. The number of carbonyl (C=O) groups is 1. The first-order valence-electron chi connectivity index (χ1n) is 9.19. The molecule has 0 fully saturated rings. The number of rotatable bonds is 7. The van der Waals surface area contributed by atoms with Gasteiger partial charge in [-0.1, -0.05) is 17.3 Å². The summed E-state index contributed by atoms with van der Waals surface area (Å²) in [7, 11) is 3.17. The van der Waals surface area contributed by atoms with Gasteiger partial charge >= 0.3 is 6.03 Å². The molecule has 0 bridgehead atoms. The van der Waals surface area contributed by atoms with Crippen molar-refractivity contribution >= 4 is 11.7 Å². The zero-order valence-corrected chi connectivity index (χ0v) is 16.9. The molecule has 0 spiro atoms. The zero-order chi connectivity index (χ0) is 20.8. The van der Waals surface area contributed by atoms with Crippen LogP contribution in [0.3, 0.4) is 0 Å². The van der Waals surface area contributed by atoms with Crippen LogP contribution in [0.5, 0.6) is 11.5 Å². The highest BCUT2D eigenvalue weighted by atomic mass is 16.5. The number of para-hydroxylation sites is 2. The summed E-state index contributed by atoms with van der Waals surface area (Å²) in [6.07, 6.45) is 0. The Morgan fingerprint density at radius 1 is 1.10 bits per heavy atom. The van der Waals surface area contributed by atoms with Crippen molar-refractivity contribution in [3.8, 4) is 22.9 Å². The Hall–Kier alpha value is -3.55. The Bertz CT molecular complexity index is 953. The average Bonchev–Trinajstić information content (AvgIpc) is 3.21. The average molecular weight is 396 g/mol. The number of urea groups is 1. The number of methoxy groups -OCH3 is 2. The number of carbonyl (C=O) groups excluding carboxylic acids is 1. The number of nitrogens with one attached hydrogen (secondary N) is 1. The van der Waals surface area contributed by atoms with E-state index in [1.54, 1.807) is 31.3 Å². The van der Waals surface area contributed by atoms with E-state index in [0.717, 1.165) is 11.3 Å². The predicted molar refractivity (Wildman–Crippen MR) is 109 cm³/mol. The second-order valence-corrected chi connectivity index (χ2v) is 6.59. The highest BCUT2D eigenvalue weighted by molar-refractivity contribution is 5.91. The van der Waals surface area contributed by atoms with Crippen molar-refractivity contribution in [3.63, 3.8) is 0 Å². The minimum Gasteiger partial charge on any atom is -0.497 e. The Morgan fingerprint density at radius 3 is 2.48 bits per heavy atom. The van der Waals surface area contributed by atoms with Crippen LogP contribution >= 0.6 is 0 Å². The van der Waals surface area contributed by atoms with Gasteiger partial charge < -0.3 is 24.2 Å². The van der Waals surface area contributed by atoms with Gasteiger partial charge in [-0.3, -0.25) is 0 Å². The lowest BCUT2D eigenvalue weighted by Gasteiger charge is -2.25. The van der Waals surface area contributed by atoms with E-state index in [-0.39, 0.29) is 18.6 Å². The van der Waals surface area contributed by atoms with Gasteiger partial charge in [0.2, 0.25) is 11.7 Å². The summed E-state index contributed by atoms with van der Waals surface area (Å²) in [6.45, 7) is 4.02. The van der Waals surface area contributed by atoms with E-state index in [2.05, 4.69) is 15.5 Å². The molecule has 152 valence electrons. The van der Waals surface area contributed by atoms with Crippen LogP contribution in [0.2, 0.25) is 0 Å². The van der Waals surface area contributed by atoms with E-state index >= 15 is 0 Å². The van der Waals surface area contributed by atoms with Gasteiger partial charge in [-0.25, -0.2) is 4.79 Å². The number of amides is 2. The minimum atomic E-state index is -0.284. The summed E-state index contributed by atoms with van der Waals surface area (Å²) in [5, 5.41) is 6.89. The summed E-state index contributed by atoms with van der Waals surface area (Å²) in [5.41, 5.74) is 1.39. The normalized spacial score (nSPS) is 10.7. The first-order chi connectivity index (χ1) is 14.0. The smallest absolute Gasteiger partial charge is 0.322 e. The summed E-state index contributed by atoms with van der Waals surface area (Å²) in [4.78, 5) is 18.9. The molecular weight excluding hydrogens is 372 g/mol. The van der Waals surface area contributed by atoms with Crippen LogP contribution in [0.15, 0.2) is 53.1 Å². The van der Waals surface area contributed by atoms with Gasteiger partial charge in [-0.05, 0) is 50.2 Å². The van der Waals surface area contributed by atoms with Crippen LogP contribution in [0.4, 0.5) is 10.5 Å². The molecule has 2 amide bonds. The third-order valence-electron chi connectivity index (χ3n) is 4.35. The molecule has 0 unspecified atom stereocenters. The second-order valence-electron chi connectivity index (χ2n) is 6.59. The summed E-state index contributed by atoms with van der Waals surface area (Å²) in [6, 6.07) is 14.2. The van der Waals surface area contributed by atoms with E-state index in [1.807, 2.05) is 50.2 Å². The molecule has 0 saturated carbocycles. The molecule has 0 radical (unpaired) electrons. The lowest BCUT2D eigenvalue weighted by molar-refractivity contribution is 0.182. The van der Waals surface area contributed by atoms with Crippen LogP contribution < -0.4 is 14.8 Å². The molecular formula is C21H24N4O4. The Morgan fingerprint density at radius 2 is 1.83 bits per heavy atom. The quantitative estimate of drug-likeness (QED) is 0.644. The molecule has 0 atom stereocenters. The second kappa shape index (κ2) is 9.09. The Kier molecular flexibility index (Phi) is 6.33. The third-order valence-corrected chi connectivity index (χ3v) is 4.35. The molecule has 3 rings (SSSR count). The standard InChI is InChI=1S/C21H24N4O4/c1-14(2)25(21(26)22-17-7-5-6-8-18(17)28-4)13-19-23-20(24-29-19)15-9-11-16(27-3)12-10-15/h5-12,14H,13H2,1-4H3,(H,22,26). The van der Waals surface area contributed by atoms with Gasteiger partial charge in [0.15, 0.2) is 0 Å². The van der Waals surface area contributed by atoms with Crippen LogP contribution in [0.1, 0.15) is 19.7 Å². The van der Waals surface area contributed by atoms with Crippen LogP contribution in [0, 0.1) is 0 Å². The van der Waals surface area contributed by atoms with Gasteiger partial charge in [0.25, 0.3) is 0 Å². The van der Waals surface area contributed by atoms with E-state index in [1.165, 1.54) is 0 Å². The fraction of sp³-hybridized carbons (Fsp3) is 0.286. The number of benzene rings is 2. The molecule has 8 nitrogen and oxygen atoms in total. The molecule has 8 heteroatoms. The largest absolute Gasteiger partial charge is 0.497 e. The molecule has 0 aliphatic carbocycles. The molecule has 29 heavy (non-hydrogen) atoms. The van der Waals surface area contributed by atoms with Gasteiger partial charge in [0, 0.05) is 11.6 Å². The van der Waals surface area contributed by atoms with Crippen molar-refractivity contribution in [1.29, 1.82) is 0 Å². The van der Waals surface area contributed by atoms with Crippen LogP contribution in [-0.2, 0) is 6.54 Å². The summed E-state index contributed by atoms with van der Waals surface area (Å²) < 4.78 is 15.8. The Balaban J connectivity index is 1.73. The van der Waals surface area contributed by atoms with E-state index in [0.29, 0.717) is 23.2 Å². The zero-order valence-electron chi connectivity index (χ0n) is 16.9. The summed E-state index contributed by atoms with van der Waals surface area (Å²) in [5.74, 6) is 2.14. The molecule has 2 aromatic carbocycles. The predicted octanol–water partition coefficient (Wildman–Crippen LogP) is 4.20. The fourth-order valence-corrected chi connectivity index (χ4v) is 2.75. The number of hydrogen-bond acceptors (Lipinski definition) is 6. The fourth-order valence-electron chi connectivity index (χ4n) is 2.75. The maximum atomic E-state index is 12.8. The lowest BCUT2D eigenvalue weighted by Crippen LogP contribution is -2.39. The van der Waals surface area contributed by atoms with Crippen LogP contribution in [0.25, 0.3) is 11.4 Å². The maximum Gasteiger partial charge on any atom is 0.322 e. The van der Waals surface area contributed by atoms with E-state index in [4.69, 9.17) is 14.0 Å². The highest BCUT2D eigenvalue weighted by Gasteiger charge is 2.22. The molecule has 1 N–H and O–H groups in total. The van der Waals surface area contributed by atoms with E-state index < -0.39 is 0 Å². The SMILES string of the molecule is COc1ccc(-c2noc(CN(C(=O)Nc3ccccc3OC)C(C)C)n2)cc1. The van der Waals surface area contributed by atoms with Crippen molar-refractivity contribution in [1.82, 2.24) is 15.0 Å². The third kappa shape index (κ3) is 4.84. The number of aromatic nitrogens is 2. The molecule has 0 aliphatic rings. The van der Waals surface area contributed by atoms with Crippen molar-refractivity contribution in [2.75, 3.05) is 19.5 Å². The van der Waals surface area contributed by atoms with Crippen molar-refractivity contribution in [2.24, 2.45) is 0 Å². The van der Waals surface area contributed by atoms with Gasteiger partial charge in [0.1, 0.15) is 18.0 Å². The van der Waals surface area contributed by atoms with Crippen molar-refractivity contribution < 1.29 is 18.8 Å². The van der Waals surface area contributed by atoms with Crippen molar-refractivity contribution in [2.45, 2.75) is 26.4 Å². The number of ether oxygens (including phenoxy) is 2. The first-order valence-corrected chi connectivity index (χ1v) is 9.19. The maximum absolute atomic E-state index is 12.8. The highest BCUT2D eigenvalue weighted by Crippen LogP contribution is 2.24. The first kappa shape index (κ1) is 20.2. The molecule has 3 aromatic rings. The Labute approximate surface area is 169 Å². The topological polar surface area (TPSA) is 89.7 Å². The summed E-state index contributed by atoms with van der Waals surface area (Å²) >= 11 is 0. The van der Waals surface area contributed by atoms with Gasteiger partial charge in [-0.2, -0.15) is 4.98 Å². The van der Waals surface area contributed by atoms with Crippen LogP contribution in [-0.4, -0.2) is 41.3 Å². The number of hydrogen-bond donors (Lipinski definition) is 1.